The quantitative estimate of drug-likeness (QED) is 0.583. The molecule has 112 valence electrons. The number of nitrogens with zero attached hydrogens (tertiary/aromatic N) is 5. The van der Waals surface area contributed by atoms with Crippen LogP contribution in [0.5, 0.6) is 0 Å². The van der Waals surface area contributed by atoms with Crippen molar-refractivity contribution in [1.82, 2.24) is 24.6 Å². The molecule has 4 aromatic heterocycles. The molecule has 0 atom stereocenters. The topological polar surface area (TPSA) is 56.0 Å². The molecule has 0 aliphatic heterocycles. The van der Waals surface area contributed by atoms with Gasteiger partial charge < -0.3 is 0 Å². The van der Waals surface area contributed by atoms with Gasteiger partial charge in [-0.25, -0.2) is 9.50 Å². The Morgan fingerprint density at radius 2 is 1.78 bits per heavy atom. The Hall–Kier alpha value is -3.08. The number of fused-ring (bicyclic) bond motifs is 1. The summed E-state index contributed by atoms with van der Waals surface area (Å²) in [5, 5.41) is 4.52. The highest BCUT2D eigenvalue weighted by atomic mass is 15.3. The zero-order valence-electron chi connectivity index (χ0n) is 12.7. The van der Waals surface area contributed by atoms with E-state index in [1.165, 1.54) is 0 Å². The molecule has 0 bridgehead atoms. The van der Waals surface area contributed by atoms with Crippen LogP contribution in [0.2, 0.25) is 0 Å². The van der Waals surface area contributed by atoms with Crippen molar-refractivity contribution in [2.75, 3.05) is 0 Å². The average Bonchev–Trinajstić information content (AvgIpc) is 3.01. The molecule has 0 aliphatic carbocycles. The van der Waals surface area contributed by atoms with E-state index >= 15 is 0 Å². The van der Waals surface area contributed by atoms with Gasteiger partial charge in [-0.1, -0.05) is 6.07 Å². The van der Waals surface area contributed by atoms with E-state index in [0.717, 1.165) is 40.1 Å². The molecule has 4 aromatic rings. The first-order chi connectivity index (χ1) is 11.3. The van der Waals surface area contributed by atoms with Crippen molar-refractivity contribution >= 4 is 5.65 Å². The minimum Gasteiger partial charge on any atom is -0.265 e. The zero-order chi connectivity index (χ0) is 15.6. The van der Waals surface area contributed by atoms with Crippen molar-refractivity contribution in [3.05, 3.63) is 78.1 Å². The summed E-state index contributed by atoms with van der Waals surface area (Å²) in [6, 6.07) is 10.0. The number of rotatable bonds is 3. The first kappa shape index (κ1) is 13.6. The molecule has 23 heavy (non-hydrogen) atoms. The van der Waals surface area contributed by atoms with Crippen molar-refractivity contribution in [3.8, 4) is 11.3 Å². The molecule has 0 saturated heterocycles. The zero-order valence-corrected chi connectivity index (χ0v) is 12.7. The molecule has 5 nitrogen and oxygen atoms in total. The van der Waals surface area contributed by atoms with Crippen LogP contribution in [-0.4, -0.2) is 24.6 Å². The third-order valence-corrected chi connectivity index (χ3v) is 3.82. The van der Waals surface area contributed by atoms with Gasteiger partial charge in [0.15, 0.2) is 5.65 Å². The molecule has 4 rings (SSSR count). The second kappa shape index (κ2) is 5.61. The number of hydrogen-bond donors (Lipinski definition) is 0. The van der Waals surface area contributed by atoms with Crippen LogP contribution >= 0.6 is 0 Å². The Bertz CT molecular complexity index is 942. The molecule has 0 unspecified atom stereocenters. The monoisotopic (exact) mass is 301 g/mol. The maximum Gasteiger partial charge on any atom is 0.159 e. The SMILES string of the molecule is Cc1ccc(Cc2cnn3c(-c4ccncc4)ccnc23)cn1. The van der Waals surface area contributed by atoms with Gasteiger partial charge in [0.25, 0.3) is 0 Å². The fourth-order valence-corrected chi connectivity index (χ4v) is 2.63. The van der Waals surface area contributed by atoms with Crippen LogP contribution in [0.25, 0.3) is 16.9 Å². The number of pyridine rings is 2. The largest absolute Gasteiger partial charge is 0.265 e. The Balaban J connectivity index is 1.77. The maximum absolute atomic E-state index is 4.52. The highest BCUT2D eigenvalue weighted by Crippen LogP contribution is 2.21. The van der Waals surface area contributed by atoms with Crippen LogP contribution < -0.4 is 0 Å². The molecule has 0 N–H and O–H groups in total. The molecule has 5 heteroatoms. The Morgan fingerprint density at radius 3 is 2.57 bits per heavy atom. The Kier molecular flexibility index (Phi) is 3.31. The highest BCUT2D eigenvalue weighted by Gasteiger charge is 2.10. The second-order valence-corrected chi connectivity index (χ2v) is 5.46. The lowest BCUT2D eigenvalue weighted by Gasteiger charge is -2.05. The second-order valence-electron chi connectivity index (χ2n) is 5.46. The van der Waals surface area contributed by atoms with Crippen LogP contribution in [0.15, 0.2) is 61.3 Å². The smallest absolute Gasteiger partial charge is 0.159 e. The predicted octanol–water partition coefficient (Wildman–Crippen LogP) is 3.09. The molecule has 0 spiro atoms. The lowest BCUT2D eigenvalue weighted by Crippen LogP contribution is -1.97. The third-order valence-electron chi connectivity index (χ3n) is 3.82. The summed E-state index contributed by atoms with van der Waals surface area (Å²) in [6.45, 7) is 1.99. The normalized spacial score (nSPS) is 11.0. The number of aryl methyl sites for hydroxylation is 1. The van der Waals surface area contributed by atoms with Gasteiger partial charge in [-0.2, -0.15) is 5.10 Å². The molecule has 0 aromatic carbocycles. The van der Waals surface area contributed by atoms with E-state index in [9.17, 15) is 0 Å². The van der Waals surface area contributed by atoms with Gasteiger partial charge in [0.2, 0.25) is 0 Å². The lowest BCUT2D eigenvalue weighted by molar-refractivity contribution is 0.947. The fraction of sp³-hybridized carbons (Fsp3) is 0.111. The van der Waals surface area contributed by atoms with Crippen LogP contribution in [0.1, 0.15) is 16.8 Å². The molecule has 0 aliphatic rings. The number of aromatic nitrogens is 5. The third kappa shape index (κ3) is 2.57. The highest BCUT2D eigenvalue weighted by molar-refractivity contribution is 5.63. The maximum atomic E-state index is 4.52. The average molecular weight is 301 g/mol. The molecule has 0 saturated carbocycles. The molecular formula is C18H15N5. The van der Waals surface area contributed by atoms with E-state index in [2.05, 4.69) is 26.1 Å². The van der Waals surface area contributed by atoms with E-state index < -0.39 is 0 Å². The Morgan fingerprint density at radius 1 is 0.913 bits per heavy atom. The van der Waals surface area contributed by atoms with Crippen molar-refractivity contribution in [2.24, 2.45) is 0 Å². The molecule has 0 fully saturated rings. The molecule has 0 amide bonds. The van der Waals surface area contributed by atoms with Crippen molar-refractivity contribution in [2.45, 2.75) is 13.3 Å². The first-order valence-electron chi connectivity index (χ1n) is 7.45. The van der Waals surface area contributed by atoms with E-state index in [1.54, 1.807) is 12.4 Å². The van der Waals surface area contributed by atoms with E-state index in [0.29, 0.717) is 0 Å². The van der Waals surface area contributed by atoms with Crippen LogP contribution in [0.4, 0.5) is 0 Å². The number of hydrogen-bond acceptors (Lipinski definition) is 4. The van der Waals surface area contributed by atoms with E-state index in [1.807, 2.05) is 54.3 Å². The van der Waals surface area contributed by atoms with Crippen LogP contribution in [0, 0.1) is 6.92 Å². The Labute approximate surface area is 133 Å². The van der Waals surface area contributed by atoms with Crippen molar-refractivity contribution < 1.29 is 0 Å². The van der Waals surface area contributed by atoms with Gasteiger partial charge >= 0.3 is 0 Å². The summed E-state index contributed by atoms with van der Waals surface area (Å²) in [7, 11) is 0. The molecule has 0 radical (unpaired) electrons. The van der Waals surface area contributed by atoms with Gasteiger partial charge in [0, 0.05) is 48.0 Å². The predicted molar refractivity (Wildman–Crippen MR) is 88.0 cm³/mol. The standard InChI is InChI=1S/C18H15N5/c1-13-2-3-14(11-21-13)10-16-12-22-23-17(6-9-20-18(16)23)15-4-7-19-8-5-15/h2-9,11-12H,10H2,1H3. The summed E-state index contributed by atoms with van der Waals surface area (Å²) in [5.74, 6) is 0. The summed E-state index contributed by atoms with van der Waals surface area (Å²) in [4.78, 5) is 12.9. The fourth-order valence-electron chi connectivity index (χ4n) is 2.63. The first-order valence-corrected chi connectivity index (χ1v) is 7.45. The van der Waals surface area contributed by atoms with E-state index in [4.69, 9.17) is 0 Å². The summed E-state index contributed by atoms with van der Waals surface area (Å²) < 4.78 is 1.88. The summed E-state index contributed by atoms with van der Waals surface area (Å²) in [6.07, 6.45) is 9.94. The van der Waals surface area contributed by atoms with Gasteiger partial charge in [0.1, 0.15) is 0 Å². The van der Waals surface area contributed by atoms with Gasteiger partial charge in [-0.05, 0) is 36.8 Å². The summed E-state index contributed by atoms with van der Waals surface area (Å²) >= 11 is 0. The van der Waals surface area contributed by atoms with Crippen molar-refractivity contribution in [3.63, 3.8) is 0 Å². The van der Waals surface area contributed by atoms with Gasteiger partial charge in [0.05, 0.1) is 11.9 Å². The van der Waals surface area contributed by atoms with Gasteiger partial charge in [-0.3, -0.25) is 9.97 Å². The summed E-state index contributed by atoms with van der Waals surface area (Å²) in [5.41, 5.74) is 6.21. The van der Waals surface area contributed by atoms with Crippen LogP contribution in [-0.2, 0) is 6.42 Å². The molecular weight excluding hydrogens is 286 g/mol. The minimum atomic E-state index is 0.767. The minimum absolute atomic E-state index is 0.767. The van der Waals surface area contributed by atoms with E-state index in [-0.39, 0.29) is 0 Å². The lowest BCUT2D eigenvalue weighted by atomic mass is 10.1. The van der Waals surface area contributed by atoms with Gasteiger partial charge in [-0.15, -0.1) is 0 Å². The van der Waals surface area contributed by atoms with Crippen LogP contribution in [0.3, 0.4) is 0 Å². The molecule has 4 heterocycles. The van der Waals surface area contributed by atoms with Crippen molar-refractivity contribution in [1.29, 1.82) is 0 Å².